The van der Waals surface area contributed by atoms with E-state index in [0.717, 1.165) is 45.9 Å². The van der Waals surface area contributed by atoms with E-state index >= 15 is 0 Å². The topological polar surface area (TPSA) is 46.5 Å². The molecule has 3 aromatic rings. The van der Waals surface area contributed by atoms with E-state index in [2.05, 4.69) is 0 Å². The third kappa shape index (κ3) is 1.63. The number of aryl methyl sites for hydroxylation is 2. The second-order valence-electron chi connectivity index (χ2n) is 4.82. The maximum absolute atomic E-state index is 9.46. The quantitative estimate of drug-likeness (QED) is 0.762. The summed E-state index contributed by atoms with van der Waals surface area (Å²) >= 11 is 0. The van der Waals surface area contributed by atoms with Crippen LogP contribution in [0.25, 0.3) is 21.9 Å². The third-order valence-electron chi connectivity index (χ3n) is 3.49. The van der Waals surface area contributed by atoms with Crippen LogP contribution in [0.5, 0.6) is 0 Å². The van der Waals surface area contributed by atoms with E-state index in [1.807, 2.05) is 19.1 Å². The van der Waals surface area contributed by atoms with Crippen LogP contribution < -0.4 is 0 Å². The van der Waals surface area contributed by atoms with Crippen molar-refractivity contribution in [3.8, 4) is 0 Å². The molecule has 0 aliphatic carbocycles. The Hall–Kier alpha value is -1.74. The Morgan fingerprint density at radius 1 is 1.11 bits per heavy atom. The maximum Gasteiger partial charge on any atom is 0.138 e. The van der Waals surface area contributed by atoms with Crippen molar-refractivity contribution < 1.29 is 13.9 Å². The van der Waals surface area contributed by atoms with Gasteiger partial charge in [0, 0.05) is 21.9 Å². The van der Waals surface area contributed by atoms with Gasteiger partial charge < -0.3 is 13.9 Å². The predicted octanol–water partition coefficient (Wildman–Crippen LogP) is 3.80. The fourth-order valence-corrected chi connectivity index (χ4v) is 2.52. The van der Waals surface area contributed by atoms with Gasteiger partial charge in [-0.2, -0.15) is 0 Å². The van der Waals surface area contributed by atoms with Crippen molar-refractivity contribution in [2.45, 2.75) is 32.8 Å². The second kappa shape index (κ2) is 4.18. The van der Waals surface area contributed by atoms with Gasteiger partial charge in [0.25, 0.3) is 0 Å². The predicted molar refractivity (Wildman–Crippen MR) is 70.7 cm³/mol. The minimum atomic E-state index is -0.307. The van der Waals surface area contributed by atoms with Crippen molar-refractivity contribution in [2.75, 3.05) is 0 Å². The molecule has 0 fully saturated rings. The summed E-state index contributed by atoms with van der Waals surface area (Å²) < 4.78 is 11.2. The van der Waals surface area contributed by atoms with Crippen molar-refractivity contribution in [3.05, 3.63) is 35.8 Å². The zero-order chi connectivity index (χ0) is 12.7. The largest absolute Gasteiger partial charge is 0.464 e. The van der Waals surface area contributed by atoms with E-state index < -0.39 is 0 Å². The number of fused-ring (bicyclic) bond motifs is 2. The first-order valence-corrected chi connectivity index (χ1v) is 6.22. The molecule has 1 atom stereocenters. The van der Waals surface area contributed by atoms with Gasteiger partial charge in [-0.15, -0.1) is 0 Å². The van der Waals surface area contributed by atoms with Crippen LogP contribution in [0.15, 0.2) is 33.5 Å². The van der Waals surface area contributed by atoms with Crippen LogP contribution in [0, 0.1) is 6.92 Å². The van der Waals surface area contributed by atoms with Crippen LogP contribution >= 0.6 is 0 Å². The number of hydrogen-bond acceptors (Lipinski definition) is 3. The van der Waals surface area contributed by atoms with Crippen LogP contribution in [-0.4, -0.2) is 11.2 Å². The highest BCUT2D eigenvalue weighted by molar-refractivity contribution is 6.01. The molecule has 3 rings (SSSR count). The molecule has 3 nitrogen and oxygen atoms in total. The van der Waals surface area contributed by atoms with E-state index in [1.54, 1.807) is 19.5 Å². The summed E-state index contributed by atoms with van der Waals surface area (Å²) in [6.07, 6.45) is 4.63. The Balaban J connectivity index is 2.26. The summed E-state index contributed by atoms with van der Waals surface area (Å²) in [4.78, 5) is 0. The van der Waals surface area contributed by atoms with Crippen LogP contribution in [0.1, 0.15) is 24.5 Å². The summed E-state index contributed by atoms with van der Waals surface area (Å²) in [5.74, 6) is 0. The third-order valence-corrected chi connectivity index (χ3v) is 3.49. The van der Waals surface area contributed by atoms with E-state index in [-0.39, 0.29) is 6.10 Å². The van der Waals surface area contributed by atoms with Crippen molar-refractivity contribution in [1.82, 2.24) is 0 Å². The minimum Gasteiger partial charge on any atom is -0.464 e. The maximum atomic E-state index is 9.46. The standard InChI is InChI=1S/C15H16O3/c1-9(16)3-4-12-13-6-8-17-14(13)10(2)11-5-7-18-15(11)12/h5-9,16H,3-4H2,1-2H3. The molecule has 2 aromatic heterocycles. The lowest BCUT2D eigenvalue weighted by atomic mass is 9.98. The normalized spacial score (nSPS) is 13.5. The lowest BCUT2D eigenvalue weighted by Crippen LogP contribution is -2.02. The first-order valence-electron chi connectivity index (χ1n) is 6.22. The second-order valence-corrected chi connectivity index (χ2v) is 4.82. The molecule has 1 unspecified atom stereocenters. The van der Waals surface area contributed by atoms with Crippen LogP contribution in [0.2, 0.25) is 0 Å². The van der Waals surface area contributed by atoms with Crippen molar-refractivity contribution in [2.24, 2.45) is 0 Å². The number of aliphatic hydroxyl groups excluding tert-OH is 1. The van der Waals surface area contributed by atoms with Gasteiger partial charge in [-0.25, -0.2) is 0 Å². The molecule has 0 saturated heterocycles. The molecule has 0 radical (unpaired) electrons. The number of hydrogen-bond donors (Lipinski definition) is 1. The summed E-state index contributed by atoms with van der Waals surface area (Å²) in [6, 6.07) is 3.94. The van der Waals surface area contributed by atoms with Gasteiger partial charge in [0.15, 0.2) is 0 Å². The molecule has 0 bridgehead atoms. The Morgan fingerprint density at radius 2 is 1.78 bits per heavy atom. The lowest BCUT2D eigenvalue weighted by Gasteiger charge is -2.08. The van der Waals surface area contributed by atoms with Gasteiger partial charge >= 0.3 is 0 Å². The van der Waals surface area contributed by atoms with E-state index in [0.29, 0.717) is 0 Å². The van der Waals surface area contributed by atoms with E-state index in [1.165, 1.54) is 0 Å². The minimum absolute atomic E-state index is 0.307. The molecule has 0 aliphatic rings. The van der Waals surface area contributed by atoms with Gasteiger partial charge in [0.05, 0.1) is 18.6 Å². The molecular weight excluding hydrogens is 228 g/mol. The summed E-state index contributed by atoms with van der Waals surface area (Å²) in [5.41, 5.74) is 4.08. The van der Waals surface area contributed by atoms with E-state index in [4.69, 9.17) is 8.83 Å². The average molecular weight is 244 g/mol. The number of rotatable bonds is 3. The first-order chi connectivity index (χ1) is 8.68. The molecule has 0 amide bonds. The Kier molecular flexibility index (Phi) is 2.63. The number of furan rings is 2. The van der Waals surface area contributed by atoms with Crippen molar-refractivity contribution in [1.29, 1.82) is 0 Å². The zero-order valence-corrected chi connectivity index (χ0v) is 10.6. The fourth-order valence-electron chi connectivity index (χ4n) is 2.52. The van der Waals surface area contributed by atoms with Crippen LogP contribution in [-0.2, 0) is 6.42 Å². The molecule has 94 valence electrons. The summed E-state index contributed by atoms with van der Waals surface area (Å²) in [5, 5.41) is 11.6. The van der Waals surface area contributed by atoms with Crippen molar-refractivity contribution in [3.63, 3.8) is 0 Å². The molecule has 1 N–H and O–H groups in total. The fraction of sp³-hybridized carbons (Fsp3) is 0.333. The first kappa shape index (κ1) is 11.4. The average Bonchev–Trinajstić information content (AvgIpc) is 2.95. The van der Waals surface area contributed by atoms with Crippen LogP contribution in [0.4, 0.5) is 0 Å². The van der Waals surface area contributed by atoms with Gasteiger partial charge in [-0.3, -0.25) is 0 Å². The SMILES string of the molecule is Cc1c2ccoc2c(CCC(C)O)c2ccoc12. The van der Waals surface area contributed by atoms with Crippen LogP contribution in [0.3, 0.4) is 0 Å². The Labute approximate surface area is 105 Å². The van der Waals surface area contributed by atoms with Gasteiger partial charge in [-0.05, 0) is 38.8 Å². The van der Waals surface area contributed by atoms with Gasteiger partial charge in [0.1, 0.15) is 11.2 Å². The summed E-state index contributed by atoms with van der Waals surface area (Å²) in [7, 11) is 0. The van der Waals surface area contributed by atoms with Gasteiger partial charge in [0.2, 0.25) is 0 Å². The molecule has 18 heavy (non-hydrogen) atoms. The molecule has 0 saturated carbocycles. The summed E-state index contributed by atoms with van der Waals surface area (Å²) in [6.45, 7) is 3.85. The monoisotopic (exact) mass is 244 g/mol. The van der Waals surface area contributed by atoms with Crippen molar-refractivity contribution >= 4 is 21.9 Å². The molecule has 1 aromatic carbocycles. The lowest BCUT2D eigenvalue weighted by molar-refractivity contribution is 0.185. The Morgan fingerprint density at radius 3 is 2.50 bits per heavy atom. The number of benzene rings is 1. The highest BCUT2D eigenvalue weighted by atomic mass is 16.3. The molecule has 0 spiro atoms. The molecular formula is C15H16O3. The molecule has 3 heteroatoms. The Bertz CT molecular complexity index is 636. The highest BCUT2D eigenvalue weighted by Gasteiger charge is 2.16. The highest BCUT2D eigenvalue weighted by Crippen LogP contribution is 2.34. The smallest absolute Gasteiger partial charge is 0.138 e. The van der Waals surface area contributed by atoms with Gasteiger partial charge in [-0.1, -0.05) is 0 Å². The molecule has 0 aliphatic heterocycles. The molecule has 2 heterocycles. The van der Waals surface area contributed by atoms with E-state index in [9.17, 15) is 5.11 Å². The number of aliphatic hydroxyl groups is 1. The zero-order valence-electron chi connectivity index (χ0n) is 10.6.